The van der Waals surface area contributed by atoms with E-state index >= 15 is 0 Å². The Labute approximate surface area is 140 Å². The lowest BCUT2D eigenvalue weighted by molar-refractivity contribution is 0.198. The highest BCUT2D eigenvalue weighted by Crippen LogP contribution is 2.21. The summed E-state index contributed by atoms with van der Waals surface area (Å²) >= 11 is 1.76. The van der Waals surface area contributed by atoms with Crippen LogP contribution in [0.2, 0.25) is 0 Å². The maximum atomic E-state index is 9.65. The summed E-state index contributed by atoms with van der Waals surface area (Å²) in [6, 6.07) is 1.89. The van der Waals surface area contributed by atoms with Crippen molar-refractivity contribution in [2.24, 2.45) is 0 Å². The van der Waals surface area contributed by atoms with Crippen LogP contribution in [0.15, 0.2) is 12.3 Å². The Bertz CT molecular complexity index is 660. The summed E-state index contributed by atoms with van der Waals surface area (Å²) in [7, 11) is 0. The second-order valence-electron chi connectivity index (χ2n) is 5.85. The monoisotopic (exact) mass is 333 g/mol. The van der Waals surface area contributed by atoms with E-state index in [-0.39, 0.29) is 6.10 Å². The highest BCUT2D eigenvalue weighted by molar-refractivity contribution is 7.11. The Hall–Kier alpha value is -1.73. The number of aliphatic hydroxyl groups is 1. The van der Waals surface area contributed by atoms with Crippen LogP contribution < -0.4 is 10.2 Å². The normalized spacial score (nSPS) is 17.7. The molecule has 0 spiro atoms. The first-order valence-electron chi connectivity index (χ1n) is 8.11. The number of rotatable bonds is 6. The van der Waals surface area contributed by atoms with Crippen LogP contribution in [0, 0.1) is 6.92 Å². The third kappa shape index (κ3) is 3.97. The van der Waals surface area contributed by atoms with Crippen LogP contribution in [-0.4, -0.2) is 39.3 Å². The highest BCUT2D eigenvalue weighted by Gasteiger charge is 2.21. The van der Waals surface area contributed by atoms with Crippen LogP contribution >= 0.6 is 11.3 Å². The van der Waals surface area contributed by atoms with Gasteiger partial charge in [0.2, 0.25) is 5.95 Å². The number of hydrogen-bond acceptors (Lipinski definition) is 7. The molecule has 0 bridgehead atoms. The van der Waals surface area contributed by atoms with Gasteiger partial charge in [0.1, 0.15) is 5.82 Å². The Morgan fingerprint density at radius 3 is 3.04 bits per heavy atom. The molecule has 1 fully saturated rings. The smallest absolute Gasteiger partial charge is 0.224 e. The second-order valence-corrected chi connectivity index (χ2v) is 7.01. The molecule has 0 aliphatic carbocycles. The average Bonchev–Trinajstić information content (AvgIpc) is 3.12. The van der Waals surface area contributed by atoms with Crippen molar-refractivity contribution in [1.29, 1.82) is 0 Å². The molecule has 1 unspecified atom stereocenters. The van der Waals surface area contributed by atoms with E-state index in [1.54, 1.807) is 17.5 Å². The lowest BCUT2D eigenvalue weighted by atomic mass is 10.3. The maximum Gasteiger partial charge on any atom is 0.224 e. The van der Waals surface area contributed by atoms with Crippen LogP contribution in [0.5, 0.6) is 0 Å². The molecule has 3 rings (SSSR count). The lowest BCUT2D eigenvalue weighted by Gasteiger charge is -2.16. The molecule has 1 aliphatic rings. The van der Waals surface area contributed by atoms with E-state index in [0.29, 0.717) is 19.0 Å². The summed E-state index contributed by atoms with van der Waals surface area (Å²) in [4.78, 5) is 16.8. The standard InChI is InChI=1S/C16H23N5OS/c1-3-4-15-19-11(2)13(23-15)9-18-16-17-7-5-14(20-16)21-8-6-12(22)10-21/h5,7,12,22H,3-4,6,8-10H2,1-2H3,(H,17,18,20). The molecule has 0 amide bonds. The van der Waals surface area contributed by atoms with Crippen molar-refractivity contribution in [3.63, 3.8) is 0 Å². The van der Waals surface area contributed by atoms with Gasteiger partial charge in [-0.25, -0.2) is 9.97 Å². The van der Waals surface area contributed by atoms with Crippen molar-refractivity contribution in [1.82, 2.24) is 15.0 Å². The molecule has 124 valence electrons. The molecule has 0 aromatic carbocycles. The van der Waals surface area contributed by atoms with E-state index in [9.17, 15) is 5.11 Å². The lowest BCUT2D eigenvalue weighted by Crippen LogP contribution is -2.22. The molecule has 2 aromatic heterocycles. The van der Waals surface area contributed by atoms with Gasteiger partial charge in [0.25, 0.3) is 0 Å². The average molecular weight is 333 g/mol. The molecule has 7 heteroatoms. The first kappa shape index (κ1) is 16.1. The summed E-state index contributed by atoms with van der Waals surface area (Å²) in [5, 5.41) is 14.1. The fraction of sp³-hybridized carbons (Fsp3) is 0.562. The van der Waals surface area contributed by atoms with Crippen LogP contribution in [-0.2, 0) is 13.0 Å². The predicted molar refractivity (Wildman–Crippen MR) is 93.0 cm³/mol. The topological polar surface area (TPSA) is 74.2 Å². The molecule has 0 saturated carbocycles. The predicted octanol–water partition coefficient (Wildman–Crippen LogP) is 2.38. The summed E-state index contributed by atoms with van der Waals surface area (Å²) in [5.74, 6) is 1.49. The summed E-state index contributed by atoms with van der Waals surface area (Å²) in [5.41, 5.74) is 1.09. The quantitative estimate of drug-likeness (QED) is 0.845. The maximum absolute atomic E-state index is 9.65. The molecule has 2 N–H and O–H groups in total. The molecule has 23 heavy (non-hydrogen) atoms. The van der Waals surface area contributed by atoms with E-state index < -0.39 is 0 Å². The zero-order chi connectivity index (χ0) is 16.2. The summed E-state index contributed by atoms with van der Waals surface area (Å²) < 4.78 is 0. The first-order valence-corrected chi connectivity index (χ1v) is 8.92. The van der Waals surface area contributed by atoms with Gasteiger partial charge in [-0.15, -0.1) is 11.3 Å². The van der Waals surface area contributed by atoms with Crippen LogP contribution in [0.25, 0.3) is 0 Å². The zero-order valence-corrected chi connectivity index (χ0v) is 14.4. The SMILES string of the molecule is CCCc1nc(C)c(CNc2nccc(N3CCC(O)C3)n2)s1. The Morgan fingerprint density at radius 2 is 2.30 bits per heavy atom. The van der Waals surface area contributed by atoms with Crippen LogP contribution in [0.1, 0.15) is 35.3 Å². The number of aliphatic hydroxyl groups excluding tert-OH is 1. The van der Waals surface area contributed by atoms with Gasteiger partial charge in [0.05, 0.1) is 23.4 Å². The van der Waals surface area contributed by atoms with Crippen molar-refractivity contribution >= 4 is 23.1 Å². The molecule has 1 aliphatic heterocycles. The number of thiazole rings is 1. The Balaban J connectivity index is 1.64. The minimum atomic E-state index is -0.252. The van der Waals surface area contributed by atoms with Crippen molar-refractivity contribution in [2.45, 2.75) is 45.8 Å². The minimum Gasteiger partial charge on any atom is -0.391 e. The number of aryl methyl sites for hydroxylation is 2. The Kier molecular flexibility index (Phi) is 5.07. The molecule has 0 radical (unpaired) electrons. The highest BCUT2D eigenvalue weighted by atomic mass is 32.1. The van der Waals surface area contributed by atoms with Crippen molar-refractivity contribution < 1.29 is 5.11 Å². The third-order valence-electron chi connectivity index (χ3n) is 3.94. The molecule has 3 heterocycles. The number of nitrogens with zero attached hydrogens (tertiary/aromatic N) is 4. The van der Waals surface area contributed by atoms with Gasteiger partial charge in [-0.3, -0.25) is 0 Å². The molecular formula is C16H23N5OS. The number of aromatic nitrogens is 3. The van der Waals surface area contributed by atoms with Crippen LogP contribution in [0.4, 0.5) is 11.8 Å². The van der Waals surface area contributed by atoms with E-state index in [2.05, 4.69) is 39.0 Å². The fourth-order valence-corrected chi connectivity index (χ4v) is 3.80. The third-order valence-corrected chi connectivity index (χ3v) is 5.15. The summed E-state index contributed by atoms with van der Waals surface area (Å²) in [6.07, 6.45) is 4.46. The first-order chi connectivity index (χ1) is 11.2. The number of nitrogens with one attached hydrogen (secondary N) is 1. The Morgan fingerprint density at radius 1 is 1.43 bits per heavy atom. The number of anilines is 2. The largest absolute Gasteiger partial charge is 0.391 e. The van der Waals surface area contributed by atoms with Gasteiger partial charge in [-0.05, 0) is 32.3 Å². The van der Waals surface area contributed by atoms with E-state index in [4.69, 9.17) is 0 Å². The van der Waals surface area contributed by atoms with Gasteiger partial charge < -0.3 is 15.3 Å². The minimum absolute atomic E-state index is 0.252. The molecular weight excluding hydrogens is 310 g/mol. The fourth-order valence-electron chi connectivity index (χ4n) is 2.69. The van der Waals surface area contributed by atoms with Gasteiger partial charge in [-0.2, -0.15) is 4.98 Å². The van der Waals surface area contributed by atoms with E-state index in [1.165, 1.54) is 9.88 Å². The van der Waals surface area contributed by atoms with E-state index in [1.807, 2.05) is 6.07 Å². The summed E-state index contributed by atoms with van der Waals surface area (Å²) in [6.45, 7) is 6.40. The van der Waals surface area contributed by atoms with Crippen molar-refractivity contribution in [3.05, 3.63) is 27.8 Å². The second kappa shape index (κ2) is 7.23. The molecule has 1 saturated heterocycles. The number of β-amino-alcohol motifs (C(OH)–C–C–N with tert-alkyl or cyclic N) is 1. The van der Waals surface area contributed by atoms with Gasteiger partial charge in [0, 0.05) is 24.2 Å². The zero-order valence-electron chi connectivity index (χ0n) is 13.6. The molecule has 6 nitrogen and oxygen atoms in total. The van der Waals surface area contributed by atoms with Gasteiger partial charge >= 0.3 is 0 Å². The van der Waals surface area contributed by atoms with Crippen LogP contribution in [0.3, 0.4) is 0 Å². The van der Waals surface area contributed by atoms with Crippen molar-refractivity contribution in [3.8, 4) is 0 Å². The van der Waals surface area contributed by atoms with Gasteiger partial charge in [0.15, 0.2) is 0 Å². The van der Waals surface area contributed by atoms with Gasteiger partial charge in [-0.1, -0.05) is 6.92 Å². The molecule has 2 aromatic rings. The van der Waals surface area contributed by atoms with E-state index in [0.717, 1.165) is 37.3 Å². The number of hydrogen-bond donors (Lipinski definition) is 2. The molecule has 1 atom stereocenters. The van der Waals surface area contributed by atoms with Crippen molar-refractivity contribution in [2.75, 3.05) is 23.3 Å².